The number of anilines is 3. The van der Waals surface area contributed by atoms with Crippen LogP contribution in [0.2, 0.25) is 0 Å². The van der Waals surface area contributed by atoms with E-state index in [1.807, 2.05) is 30.3 Å². The van der Waals surface area contributed by atoms with Gasteiger partial charge in [0.05, 0.1) is 12.8 Å². The molecule has 1 saturated heterocycles. The number of pyridine rings is 1. The van der Waals surface area contributed by atoms with Gasteiger partial charge in [0, 0.05) is 42.3 Å². The zero-order valence-corrected chi connectivity index (χ0v) is 18.0. The zero-order valence-electron chi connectivity index (χ0n) is 18.0. The number of fused-ring (bicyclic) bond motifs is 1. The number of benzene rings is 1. The number of nitrogens with zero attached hydrogens (tertiary/aromatic N) is 3. The highest BCUT2D eigenvalue weighted by Crippen LogP contribution is 2.31. The van der Waals surface area contributed by atoms with Crippen LogP contribution < -0.4 is 19.9 Å². The Bertz CT molecular complexity index is 1040. The lowest BCUT2D eigenvalue weighted by Gasteiger charge is -2.41. The van der Waals surface area contributed by atoms with Gasteiger partial charge in [-0.1, -0.05) is 0 Å². The lowest BCUT2D eigenvalue weighted by molar-refractivity contribution is -0.109. The molecule has 30 heavy (non-hydrogen) atoms. The van der Waals surface area contributed by atoms with Crippen molar-refractivity contribution in [3.8, 4) is 5.75 Å². The normalized spacial score (nSPS) is 17.3. The third-order valence-corrected chi connectivity index (χ3v) is 5.29. The summed E-state index contributed by atoms with van der Waals surface area (Å²) in [6.45, 7) is 8.46. The first-order valence-electron chi connectivity index (χ1n) is 10.2. The topological polar surface area (TPSA) is 73.5 Å². The SMILES string of the molecule is COc1ccc2[nH]c(N3CCN(c4ncccc4NC(C)(C)C)CC3C=O)cc2c1. The van der Waals surface area contributed by atoms with Crippen LogP contribution >= 0.6 is 0 Å². The molecule has 1 aromatic carbocycles. The van der Waals surface area contributed by atoms with Gasteiger partial charge in [-0.3, -0.25) is 0 Å². The summed E-state index contributed by atoms with van der Waals surface area (Å²) in [7, 11) is 1.66. The Kier molecular flexibility index (Phi) is 5.28. The molecule has 3 heterocycles. The van der Waals surface area contributed by atoms with Gasteiger partial charge in [0.2, 0.25) is 0 Å². The number of carbonyl (C=O) groups is 1. The number of aromatic amines is 1. The summed E-state index contributed by atoms with van der Waals surface area (Å²) in [5.74, 6) is 2.66. The molecule has 1 atom stereocenters. The Balaban J connectivity index is 1.58. The number of nitrogens with one attached hydrogen (secondary N) is 2. The van der Waals surface area contributed by atoms with Gasteiger partial charge in [-0.15, -0.1) is 0 Å². The second-order valence-corrected chi connectivity index (χ2v) is 8.70. The van der Waals surface area contributed by atoms with Gasteiger partial charge in [0.15, 0.2) is 5.82 Å². The van der Waals surface area contributed by atoms with Crippen LogP contribution in [0.3, 0.4) is 0 Å². The highest BCUT2D eigenvalue weighted by molar-refractivity contribution is 5.86. The second kappa shape index (κ2) is 7.89. The number of ether oxygens (including phenoxy) is 1. The van der Waals surface area contributed by atoms with Crippen molar-refractivity contribution < 1.29 is 9.53 Å². The molecule has 0 amide bonds. The van der Waals surface area contributed by atoms with Crippen molar-refractivity contribution in [3.63, 3.8) is 0 Å². The van der Waals surface area contributed by atoms with Gasteiger partial charge >= 0.3 is 0 Å². The van der Waals surface area contributed by atoms with E-state index in [-0.39, 0.29) is 11.6 Å². The number of hydrogen-bond acceptors (Lipinski definition) is 6. The number of methoxy groups -OCH3 is 1. The minimum absolute atomic E-state index is 0.0743. The molecule has 2 aromatic heterocycles. The van der Waals surface area contributed by atoms with E-state index in [0.29, 0.717) is 6.54 Å². The minimum atomic E-state index is -0.266. The predicted octanol–water partition coefficient (Wildman–Crippen LogP) is 3.68. The van der Waals surface area contributed by atoms with Crippen LogP contribution in [0.4, 0.5) is 17.3 Å². The van der Waals surface area contributed by atoms with E-state index < -0.39 is 0 Å². The van der Waals surface area contributed by atoms with Crippen molar-refractivity contribution in [1.82, 2.24) is 9.97 Å². The number of hydrogen-bond donors (Lipinski definition) is 2. The zero-order chi connectivity index (χ0) is 21.3. The summed E-state index contributed by atoms with van der Waals surface area (Å²) in [5.41, 5.74) is 1.94. The number of rotatable bonds is 5. The molecule has 1 fully saturated rings. The van der Waals surface area contributed by atoms with E-state index in [2.05, 4.69) is 51.9 Å². The number of carbonyl (C=O) groups excluding carboxylic acids is 1. The lowest BCUT2D eigenvalue weighted by Crippen LogP contribution is -2.54. The van der Waals surface area contributed by atoms with Crippen molar-refractivity contribution in [2.45, 2.75) is 32.4 Å². The Morgan fingerprint density at radius 2 is 2.07 bits per heavy atom. The molecule has 0 spiro atoms. The van der Waals surface area contributed by atoms with Crippen molar-refractivity contribution in [1.29, 1.82) is 0 Å². The molecule has 1 unspecified atom stereocenters. The summed E-state index contributed by atoms with van der Waals surface area (Å²) >= 11 is 0. The molecule has 4 rings (SSSR count). The first kappa shape index (κ1) is 20.1. The van der Waals surface area contributed by atoms with E-state index in [1.165, 1.54) is 0 Å². The number of aromatic nitrogens is 2. The van der Waals surface area contributed by atoms with E-state index >= 15 is 0 Å². The molecule has 0 aliphatic carbocycles. The molecule has 1 aliphatic rings. The molecule has 0 radical (unpaired) electrons. The average Bonchev–Trinajstić information content (AvgIpc) is 3.15. The van der Waals surface area contributed by atoms with Gasteiger partial charge < -0.3 is 29.6 Å². The Labute approximate surface area is 177 Å². The quantitative estimate of drug-likeness (QED) is 0.629. The first-order valence-corrected chi connectivity index (χ1v) is 10.2. The summed E-state index contributed by atoms with van der Waals surface area (Å²) in [6.07, 6.45) is 2.83. The van der Waals surface area contributed by atoms with Crippen LogP contribution in [0.5, 0.6) is 5.75 Å². The smallest absolute Gasteiger partial charge is 0.152 e. The van der Waals surface area contributed by atoms with Crippen molar-refractivity contribution in [2.75, 3.05) is 41.9 Å². The van der Waals surface area contributed by atoms with E-state index in [4.69, 9.17) is 4.74 Å². The molecular weight excluding hydrogens is 378 g/mol. The van der Waals surface area contributed by atoms with E-state index in [9.17, 15) is 4.79 Å². The van der Waals surface area contributed by atoms with Crippen LogP contribution in [0, 0.1) is 0 Å². The van der Waals surface area contributed by atoms with Gasteiger partial charge in [-0.25, -0.2) is 4.98 Å². The van der Waals surface area contributed by atoms with Crippen molar-refractivity contribution in [3.05, 3.63) is 42.6 Å². The van der Waals surface area contributed by atoms with Gasteiger partial charge in [-0.2, -0.15) is 0 Å². The summed E-state index contributed by atoms with van der Waals surface area (Å²) in [4.78, 5) is 24.4. The Morgan fingerprint density at radius 1 is 1.23 bits per heavy atom. The maximum Gasteiger partial charge on any atom is 0.152 e. The lowest BCUT2D eigenvalue weighted by atomic mass is 10.1. The van der Waals surface area contributed by atoms with E-state index in [0.717, 1.165) is 53.4 Å². The minimum Gasteiger partial charge on any atom is -0.497 e. The maximum absolute atomic E-state index is 12.0. The molecule has 3 aromatic rings. The predicted molar refractivity (Wildman–Crippen MR) is 122 cm³/mol. The fraction of sp³-hybridized carbons (Fsp3) is 0.391. The van der Waals surface area contributed by atoms with Crippen LogP contribution in [0.25, 0.3) is 10.9 Å². The highest BCUT2D eigenvalue weighted by atomic mass is 16.5. The molecular formula is C23H29N5O2. The number of aldehydes is 1. The second-order valence-electron chi connectivity index (χ2n) is 8.70. The Hall–Kier alpha value is -3.22. The van der Waals surface area contributed by atoms with Crippen molar-refractivity contribution in [2.24, 2.45) is 0 Å². The fourth-order valence-electron chi connectivity index (χ4n) is 3.95. The van der Waals surface area contributed by atoms with Crippen LogP contribution in [0.15, 0.2) is 42.6 Å². The summed E-state index contributed by atoms with van der Waals surface area (Å²) in [6, 6.07) is 11.7. The standard InChI is InChI=1S/C23H29N5O2/c1-23(2,3)26-20-6-5-9-24-22(20)27-10-11-28(17(14-27)15-29)21-13-16-12-18(30-4)7-8-19(16)25-21/h5-9,12-13,15,17,25-26H,10-11,14H2,1-4H3. The molecule has 0 bridgehead atoms. The summed E-state index contributed by atoms with van der Waals surface area (Å²) in [5, 5.41) is 4.59. The monoisotopic (exact) mass is 407 g/mol. The molecule has 0 saturated carbocycles. The molecule has 7 nitrogen and oxygen atoms in total. The van der Waals surface area contributed by atoms with E-state index in [1.54, 1.807) is 13.3 Å². The summed E-state index contributed by atoms with van der Waals surface area (Å²) < 4.78 is 5.32. The first-order chi connectivity index (χ1) is 14.4. The van der Waals surface area contributed by atoms with Crippen molar-refractivity contribution >= 4 is 34.5 Å². The molecule has 7 heteroatoms. The average molecular weight is 408 g/mol. The Morgan fingerprint density at radius 3 is 2.80 bits per heavy atom. The molecule has 2 N–H and O–H groups in total. The van der Waals surface area contributed by atoms with Gasteiger partial charge in [-0.05, 0) is 57.2 Å². The fourth-order valence-corrected chi connectivity index (χ4v) is 3.95. The van der Waals surface area contributed by atoms with Gasteiger partial charge in [0.25, 0.3) is 0 Å². The van der Waals surface area contributed by atoms with Crippen LogP contribution in [-0.2, 0) is 4.79 Å². The largest absolute Gasteiger partial charge is 0.497 e. The van der Waals surface area contributed by atoms with Crippen LogP contribution in [0.1, 0.15) is 20.8 Å². The number of piperazine rings is 1. The number of H-pyrrole nitrogens is 1. The third kappa shape index (κ3) is 4.06. The van der Waals surface area contributed by atoms with Crippen LogP contribution in [-0.4, -0.2) is 54.6 Å². The molecule has 1 aliphatic heterocycles. The highest BCUT2D eigenvalue weighted by Gasteiger charge is 2.30. The van der Waals surface area contributed by atoms with Gasteiger partial charge in [0.1, 0.15) is 23.9 Å². The maximum atomic E-state index is 12.0. The molecule has 158 valence electrons. The third-order valence-electron chi connectivity index (χ3n) is 5.29.